The van der Waals surface area contributed by atoms with E-state index in [-0.39, 0.29) is 16.6 Å². The number of nitrogens with one attached hydrogen (secondary N) is 2. The molecule has 0 saturated carbocycles. The highest BCUT2D eigenvalue weighted by Crippen LogP contribution is 2.30. The smallest absolute Gasteiger partial charge is 0.238 e. The molecule has 1 aliphatic heterocycles. The van der Waals surface area contributed by atoms with Gasteiger partial charge in [0.1, 0.15) is 17.2 Å². The molecule has 1 aliphatic rings. The topological polar surface area (TPSA) is 134 Å². The minimum absolute atomic E-state index is 0.00371. The molecule has 1 aromatic carbocycles. The van der Waals surface area contributed by atoms with E-state index in [2.05, 4.69) is 25.2 Å². The quantitative estimate of drug-likeness (QED) is 0.582. The van der Waals surface area contributed by atoms with Crippen molar-refractivity contribution in [1.82, 2.24) is 15.0 Å². The van der Waals surface area contributed by atoms with E-state index in [1.807, 2.05) is 6.07 Å². The number of Topliss-reactive ketones (excluding diaryl/α,β-unsaturated/α-hetero) is 1. The Kier molecular flexibility index (Phi) is 4.97. The maximum atomic E-state index is 11.9. The van der Waals surface area contributed by atoms with Crippen LogP contribution in [0.2, 0.25) is 0 Å². The number of hydrogen-bond donors (Lipinski definition) is 3. The predicted octanol–water partition coefficient (Wildman–Crippen LogP) is 2.15. The molecule has 29 heavy (non-hydrogen) atoms. The second kappa shape index (κ2) is 7.45. The summed E-state index contributed by atoms with van der Waals surface area (Å²) in [6.45, 7) is 3.06. The average Bonchev–Trinajstić information content (AvgIpc) is 3.15. The molecule has 9 nitrogen and oxygen atoms in total. The zero-order valence-corrected chi connectivity index (χ0v) is 16.7. The van der Waals surface area contributed by atoms with Crippen LogP contribution in [-0.2, 0) is 14.8 Å². The number of carbonyl (C=O) groups is 1. The second-order valence-corrected chi connectivity index (χ2v) is 8.77. The number of primary sulfonamides is 1. The Hall–Kier alpha value is -2.98. The Morgan fingerprint density at radius 2 is 2.14 bits per heavy atom. The minimum Gasteiger partial charge on any atom is -0.355 e. The lowest BCUT2D eigenvalue weighted by molar-refractivity contribution is -0.120. The summed E-state index contributed by atoms with van der Waals surface area (Å²) in [5, 5.41) is 9.14. The lowest BCUT2D eigenvalue weighted by Gasteiger charge is -2.32. The van der Waals surface area contributed by atoms with Crippen molar-refractivity contribution in [3.8, 4) is 0 Å². The summed E-state index contributed by atoms with van der Waals surface area (Å²) in [5.74, 6) is 1.25. The van der Waals surface area contributed by atoms with Gasteiger partial charge >= 0.3 is 0 Å². The van der Waals surface area contributed by atoms with Crippen LogP contribution < -0.4 is 15.4 Å². The van der Waals surface area contributed by atoms with Gasteiger partial charge in [-0.2, -0.15) is 9.97 Å². The van der Waals surface area contributed by atoms with Crippen LogP contribution in [0.15, 0.2) is 41.4 Å². The molecule has 152 valence electrons. The van der Waals surface area contributed by atoms with Crippen LogP contribution in [0, 0.1) is 5.92 Å². The van der Waals surface area contributed by atoms with Gasteiger partial charge in [-0.1, -0.05) is 6.07 Å². The maximum absolute atomic E-state index is 11.9. The number of sulfonamides is 1. The minimum atomic E-state index is -3.81. The van der Waals surface area contributed by atoms with Crippen LogP contribution in [0.4, 0.5) is 17.5 Å². The van der Waals surface area contributed by atoms with E-state index in [1.165, 1.54) is 12.1 Å². The Morgan fingerprint density at radius 1 is 1.31 bits per heavy atom. The lowest BCUT2D eigenvalue weighted by Crippen LogP contribution is -2.38. The van der Waals surface area contributed by atoms with Gasteiger partial charge in [0.2, 0.25) is 16.0 Å². The normalized spacial score (nSPS) is 17.4. The van der Waals surface area contributed by atoms with E-state index >= 15 is 0 Å². The number of anilines is 3. The van der Waals surface area contributed by atoms with Crippen molar-refractivity contribution in [1.29, 1.82) is 0 Å². The molecular weight excluding hydrogens is 392 g/mol. The number of fused-ring (bicyclic) bond motifs is 1. The monoisotopic (exact) mass is 414 g/mol. The Balaban J connectivity index is 1.69. The molecule has 1 fully saturated rings. The third-order valence-electron chi connectivity index (χ3n) is 5.11. The first-order valence-electron chi connectivity index (χ1n) is 9.31. The highest BCUT2D eigenvalue weighted by molar-refractivity contribution is 7.89. The molecule has 4 rings (SSSR count). The predicted molar refractivity (Wildman–Crippen MR) is 111 cm³/mol. The number of piperidine rings is 1. The molecule has 1 atom stereocenters. The van der Waals surface area contributed by atoms with Crippen LogP contribution in [0.1, 0.15) is 19.8 Å². The average molecular weight is 414 g/mol. The van der Waals surface area contributed by atoms with Crippen LogP contribution in [0.3, 0.4) is 0 Å². The molecule has 10 heteroatoms. The number of benzene rings is 1. The fraction of sp³-hybridized carbons (Fsp3) is 0.316. The number of nitrogens with two attached hydrogens (primary N) is 1. The number of carbonyl (C=O) groups excluding carboxylic acids is 1. The molecule has 0 spiro atoms. The summed E-state index contributed by atoms with van der Waals surface area (Å²) in [7, 11) is -3.81. The first-order valence-corrected chi connectivity index (χ1v) is 10.9. The molecule has 1 unspecified atom stereocenters. The van der Waals surface area contributed by atoms with Crippen molar-refractivity contribution in [3.63, 3.8) is 0 Å². The Morgan fingerprint density at radius 3 is 2.90 bits per heavy atom. The third-order valence-corrected chi connectivity index (χ3v) is 6.02. The standard InChI is InChI=1S/C19H22N6O3S/c1-12(26)13-4-3-9-25(11-13)18-16-7-8-21-17(16)23-19(24-18)22-14-5-2-6-15(10-14)29(20,27)28/h2,5-8,10,13H,3-4,9,11H2,1H3,(H2,20,27,28)(H2,21,22,23,24). The summed E-state index contributed by atoms with van der Waals surface area (Å²) in [6, 6.07) is 8.08. The summed E-state index contributed by atoms with van der Waals surface area (Å²) < 4.78 is 23.2. The van der Waals surface area contributed by atoms with E-state index < -0.39 is 10.0 Å². The number of H-pyrrole nitrogens is 1. The molecule has 0 aliphatic carbocycles. The van der Waals surface area contributed by atoms with Gasteiger partial charge in [-0.25, -0.2) is 13.6 Å². The number of hydrogen-bond acceptors (Lipinski definition) is 7. The number of aromatic amines is 1. The fourth-order valence-corrected chi connectivity index (χ4v) is 4.16. The Bertz CT molecular complexity index is 1170. The van der Waals surface area contributed by atoms with Gasteiger partial charge in [-0.05, 0) is 44.0 Å². The second-order valence-electron chi connectivity index (χ2n) is 7.20. The van der Waals surface area contributed by atoms with Crippen molar-refractivity contribution in [2.45, 2.75) is 24.7 Å². The van der Waals surface area contributed by atoms with Crippen LogP contribution in [0.25, 0.3) is 11.0 Å². The van der Waals surface area contributed by atoms with E-state index in [0.29, 0.717) is 23.8 Å². The van der Waals surface area contributed by atoms with Gasteiger partial charge in [0.15, 0.2) is 0 Å². The first-order chi connectivity index (χ1) is 13.8. The highest BCUT2D eigenvalue weighted by Gasteiger charge is 2.26. The highest BCUT2D eigenvalue weighted by atomic mass is 32.2. The number of rotatable bonds is 5. The van der Waals surface area contributed by atoms with Gasteiger partial charge in [0.25, 0.3) is 0 Å². The zero-order valence-electron chi connectivity index (χ0n) is 15.9. The Labute approximate surface area is 168 Å². The largest absolute Gasteiger partial charge is 0.355 e. The summed E-state index contributed by atoms with van der Waals surface area (Å²) in [4.78, 5) is 26.2. The molecule has 3 aromatic rings. The lowest BCUT2D eigenvalue weighted by atomic mass is 9.94. The van der Waals surface area contributed by atoms with E-state index in [1.54, 1.807) is 25.3 Å². The third kappa shape index (κ3) is 4.08. The van der Waals surface area contributed by atoms with Crippen molar-refractivity contribution in [2.24, 2.45) is 11.1 Å². The molecule has 4 N–H and O–H groups in total. The summed E-state index contributed by atoms with van der Waals surface area (Å²) >= 11 is 0. The summed E-state index contributed by atoms with van der Waals surface area (Å²) in [6.07, 6.45) is 3.60. The van der Waals surface area contributed by atoms with Crippen molar-refractivity contribution >= 4 is 44.3 Å². The van der Waals surface area contributed by atoms with Crippen molar-refractivity contribution in [3.05, 3.63) is 36.5 Å². The zero-order chi connectivity index (χ0) is 20.6. The molecule has 3 heterocycles. The first kappa shape index (κ1) is 19.3. The SMILES string of the molecule is CC(=O)C1CCCN(c2nc(Nc3cccc(S(N)(=O)=O)c3)nc3[nH]ccc23)C1. The maximum Gasteiger partial charge on any atom is 0.238 e. The molecule has 2 aromatic heterocycles. The number of aromatic nitrogens is 3. The molecule has 1 saturated heterocycles. The van der Waals surface area contributed by atoms with Crippen LogP contribution in [0.5, 0.6) is 0 Å². The van der Waals surface area contributed by atoms with Gasteiger partial charge in [0, 0.05) is 30.9 Å². The molecule has 0 bridgehead atoms. The van der Waals surface area contributed by atoms with Crippen molar-refractivity contribution in [2.75, 3.05) is 23.3 Å². The summed E-state index contributed by atoms with van der Waals surface area (Å²) in [5.41, 5.74) is 1.17. The van der Waals surface area contributed by atoms with Gasteiger partial charge in [0.05, 0.1) is 10.3 Å². The van der Waals surface area contributed by atoms with Gasteiger partial charge in [-0.15, -0.1) is 0 Å². The van der Waals surface area contributed by atoms with E-state index in [9.17, 15) is 13.2 Å². The van der Waals surface area contributed by atoms with E-state index in [0.717, 1.165) is 30.6 Å². The molecule has 0 radical (unpaired) electrons. The van der Waals surface area contributed by atoms with Gasteiger partial charge < -0.3 is 15.2 Å². The molecular formula is C19H22N6O3S. The fourth-order valence-electron chi connectivity index (χ4n) is 3.60. The van der Waals surface area contributed by atoms with Crippen LogP contribution >= 0.6 is 0 Å². The van der Waals surface area contributed by atoms with E-state index in [4.69, 9.17) is 5.14 Å². The van der Waals surface area contributed by atoms with Gasteiger partial charge in [-0.3, -0.25) is 4.79 Å². The molecule has 0 amide bonds. The van der Waals surface area contributed by atoms with Crippen LogP contribution in [-0.4, -0.2) is 42.2 Å². The number of ketones is 1. The number of nitrogens with zero attached hydrogens (tertiary/aromatic N) is 3. The van der Waals surface area contributed by atoms with Crippen molar-refractivity contribution < 1.29 is 13.2 Å².